The highest BCUT2D eigenvalue weighted by Crippen LogP contribution is 2.30. The summed E-state index contributed by atoms with van der Waals surface area (Å²) in [6.07, 6.45) is -3.06. The molecule has 19 heavy (non-hydrogen) atoms. The maximum absolute atomic E-state index is 12.6. The highest BCUT2D eigenvalue weighted by atomic mass is 19.4. The van der Waals surface area contributed by atoms with Gasteiger partial charge in [-0.1, -0.05) is 6.08 Å². The summed E-state index contributed by atoms with van der Waals surface area (Å²) in [6.45, 7) is 5.89. The van der Waals surface area contributed by atoms with E-state index in [9.17, 15) is 18.0 Å². The molecule has 0 saturated carbocycles. The van der Waals surface area contributed by atoms with Gasteiger partial charge in [-0.3, -0.25) is 4.79 Å². The zero-order valence-corrected chi connectivity index (χ0v) is 10.4. The van der Waals surface area contributed by atoms with Crippen LogP contribution < -0.4 is 10.6 Å². The van der Waals surface area contributed by atoms with E-state index >= 15 is 0 Å². The first-order valence-corrected chi connectivity index (χ1v) is 5.55. The van der Waals surface area contributed by atoms with E-state index < -0.39 is 17.8 Å². The third-order valence-electron chi connectivity index (χ3n) is 2.46. The smallest absolute Gasteiger partial charge is 0.365 e. The van der Waals surface area contributed by atoms with Crippen molar-refractivity contribution < 1.29 is 18.0 Å². The zero-order valence-electron chi connectivity index (χ0n) is 10.4. The van der Waals surface area contributed by atoms with Crippen molar-refractivity contribution >= 4 is 11.7 Å². The number of hydrogen-bond donors (Lipinski definition) is 1. The molecule has 0 radical (unpaired) electrons. The number of rotatable bonds is 5. The molecular weight excluding hydrogens is 259 g/mol. The van der Waals surface area contributed by atoms with Crippen molar-refractivity contribution in [2.24, 2.45) is 5.73 Å². The van der Waals surface area contributed by atoms with E-state index in [0.717, 1.165) is 12.1 Å². The second kappa shape index (κ2) is 5.73. The monoisotopic (exact) mass is 273 g/mol. The van der Waals surface area contributed by atoms with E-state index in [1.807, 2.05) is 0 Å². The van der Waals surface area contributed by atoms with E-state index in [1.54, 1.807) is 6.92 Å². The van der Waals surface area contributed by atoms with Crippen LogP contribution in [0, 0.1) is 0 Å². The van der Waals surface area contributed by atoms with Crippen molar-refractivity contribution in [3.63, 3.8) is 0 Å². The molecule has 0 aliphatic rings. The molecule has 0 saturated heterocycles. The molecule has 1 aromatic rings. The van der Waals surface area contributed by atoms with E-state index in [0.29, 0.717) is 6.54 Å². The first-order valence-electron chi connectivity index (χ1n) is 5.55. The summed E-state index contributed by atoms with van der Waals surface area (Å²) < 4.78 is 37.9. The molecule has 0 atom stereocenters. The Balaban J connectivity index is 3.37. The van der Waals surface area contributed by atoms with Crippen LogP contribution in [0.2, 0.25) is 0 Å². The Labute approximate surface area is 108 Å². The van der Waals surface area contributed by atoms with Crippen LogP contribution in [-0.2, 0) is 6.18 Å². The fraction of sp³-hybridized carbons (Fsp3) is 0.333. The van der Waals surface area contributed by atoms with Gasteiger partial charge >= 0.3 is 6.18 Å². The summed E-state index contributed by atoms with van der Waals surface area (Å²) in [5.41, 5.74) is 4.04. The molecule has 0 aliphatic carbocycles. The molecular formula is C12H14F3N3O. The van der Waals surface area contributed by atoms with Crippen LogP contribution in [0.1, 0.15) is 23.0 Å². The van der Waals surface area contributed by atoms with Crippen molar-refractivity contribution in [3.05, 3.63) is 36.0 Å². The minimum absolute atomic E-state index is 0.0447. The van der Waals surface area contributed by atoms with Crippen molar-refractivity contribution in [2.45, 2.75) is 13.1 Å². The molecule has 0 spiro atoms. The Bertz CT molecular complexity index is 486. The molecule has 104 valence electrons. The first kappa shape index (κ1) is 15.0. The lowest BCUT2D eigenvalue weighted by Gasteiger charge is -2.23. The largest absolute Gasteiger partial charge is 0.433 e. The van der Waals surface area contributed by atoms with Gasteiger partial charge in [0.15, 0.2) is 0 Å². The number of likely N-dealkylation sites (N-methyl/N-ethyl adjacent to an activating group) is 1. The van der Waals surface area contributed by atoms with Gasteiger partial charge in [-0.25, -0.2) is 4.98 Å². The lowest BCUT2D eigenvalue weighted by molar-refractivity contribution is -0.141. The van der Waals surface area contributed by atoms with Crippen LogP contribution in [0.3, 0.4) is 0 Å². The molecule has 7 heteroatoms. The highest BCUT2D eigenvalue weighted by molar-refractivity contribution is 5.97. The predicted molar refractivity (Wildman–Crippen MR) is 65.8 cm³/mol. The van der Waals surface area contributed by atoms with Gasteiger partial charge in [0.25, 0.3) is 5.91 Å². The fourth-order valence-electron chi connectivity index (χ4n) is 1.56. The maximum Gasteiger partial charge on any atom is 0.433 e. The topological polar surface area (TPSA) is 59.2 Å². The summed E-state index contributed by atoms with van der Waals surface area (Å²) in [5, 5.41) is 0. The van der Waals surface area contributed by atoms with Crippen molar-refractivity contribution in [3.8, 4) is 0 Å². The van der Waals surface area contributed by atoms with Crippen LogP contribution in [-0.4, -0.2) is 24.0 Å². The molecule has 0 aliphatic heterocycles. The van der Waals surface area contributed by atoms with E-state index in [4.69, 9.17) is 5.73 Å². The quantitative estimate of drug-likeness (QED) is 0.837. The minimum atomic E-state index is -4.57. The standard InChI is InChI=1S/C12H14F3N3O/c1-3-7-18(4-2)11-8(10(16)19)5-6-9(17-11)12(13,14)15/h3,5-6H,1,4,7H2,2H3,(H2,16,19). The molecule has 1 aromatic heterocycles. The molecule has 1 amide bonds. The van der Waals surface area contributed by atoms with E-state index in [-0.39, 0.29) is 17.9 Å². The average molecular weight is 273 g/mol. The molecule has 2 N–H and O–H groups in total. The molecule has 4 nitrogen and oxygen atoms in total. The van der Waals surface area contributed by atoms with E-state index in [1.165, 1.54) is 11.0 Å². The number of carbonyl (C=O) groups excluding carboxylic acids is 1. The third-order valence-corrected chi connectivity index (χ3v) is 2.46. The van der Waals surface area contributed by atoms with Gasteiger partial charge in [0.05, 0.1) is 5.56 Å². The Morgan fingerprint density at radius 2 is 2.16 bits per heavy atom. The lowest BCUT2D eigenvalue weighted by atomic mass is 10.2. The number of primary amides is 1. The minimum Gasteiger partial charge on any atom is -0.365 e. The second-order valence-corrected chi connectivity index (χ2v) is 3.76. The number of pyridine rings is 1. The van der Waals surface area contributed by atoms with E-state index in [2.05, 4.69) is 11.6 Å². The van der Waals surface area contributed by atoms with Gasteiger partial charge < -0.3 is 10.6 Å². The summed E-state index contributed by atoms with van der Waals surface area (Å²) >= 11 is 0. The van der Waals surface area contributed by atoms with Crippen LogP contribution in [0.15, 0.2) is 24.8 Å². The summed E-state index contributed by atoms with van der Waals surface area (Å²) in [7, 11) is 0. The summed E-state index contributed by atoms with van der Waals surface area (Å²) in [4.78, 5) is 16.3. The molecule has 1 rings (SSSR count). The Morgan fingerprint density at radius 1 is 1.53 bits per heavy atom. The number of anilines is 1. The number of amides is 1. The number of carbonyl (C=O) groups is 1. The Hall–Kier alpha value is -2.05. The molecule has 1 heterocycles. The number of aromatic nitrogens is 1. The first-order chi connectivity index (χ1) is 8.81. The van der Waals surface area contributed by atoms with Crippen LogP contribution >= 0.6 is 0 Å². The van der Waals surface area contributed by atoms with Crippen LogP contribution in [0.5, 0.6) is 0 Å². The zero-order chi connectivity index (χ0) is 14.6. The number of nitrogens with two attached hydrogens (primary N) is 1. The van der Waals surface area contributed by atoms with Crippen molar-refractivity contribution in [1.29, 1.82) is 0 Å². The summed E-state index contributed by atoms with van der Waals surface area (Å²) in [6, 6.07) is 1.78. The van der Waals surface area contributed by atoms with Crippen LogP contribution in [0.4, 0.5) is 19.0 Å². The fourth-order valence-corrected chi connectivity index (χ4v) is 1.56. The molecule has 0 unspecified atom stereocenters. The van der Waals surface area contributed by atoms with Gasteiger partial charge in [-0.15, -0.1) is 6.58 Å². The van der Waals surface area contributed by atoms with Gasteiger partial charge in [-0.05, 0) is 19.1 Å². The number of hydrogen-bond acceptors (Lipinski definition) is 3. The van der Waals surface area contributed by atoms with Gasteiger partial charge in [0.1, 0.15) is 11.5 Å². The second-order valence-electron chi connectivity index (χ2n) is 3.76. The van der Waals surface area contributed by atoms with Crippen LogP contribution in [0.25, 0.3) is 0 Å². The van der Waals surface area contributed by atoms with Gasteiger partial charge in [0.2, 0.25) is 0 Å². The van der Waals surface area contributed by atoms with Gasteiger partial charge in [0, 0.05) is 13.1 Å². The normalized spacial score (nSPS) is 11.2. The summed E-state index contributed by atoms with van der Waals surface area (Å²) in [5.74, 6) is -0.900. The predicted octanol–water partition coefficient (Wildman–Crippen LogP) is 2.21. The number of alkyl halides is 3. The molecule has 0 bridgehead atoms. The molecule has 0 fully saturated rings. The maximum atomic E-state index is 12.6. The lowest BCUT2D eigenvalue weighted by Crippen LogP contribution is -2.28. The highest BCUT2D eigenvalue weighted by Gasteiger charge is 2.33. The number of halogens is 3. The number of nitrogens with zero attached hydrogens (tertiary/aromatic N) is 2. The Kier molecular flexibility index (Phi) is 4.52. The Morgan fingerprint density at radius 3 is 2.58 bits per heavy atom. The molecule has 0 aromatic carbocycles. The van der Waals surface area contributed by atoms with Gasteiger partial charge in [-0.2, -0.15) is 13.2 Å². The van der Waals surface area contributed by atoms with Crippen molar-refractivity contribution in [1.82, 2.24) is 4.98 Å². The SMILES string of the molecule is C=CCN(CC)c1nc(C(F)(F)F)ccc1C(N)=O. The third kappa shape index (κ3) is 3.46. The average Bonchev–Trinajstić information content (AvgIpc) is 2.34. The van der Waals surface area contributed by atoms with Crippen molar-refractivity contribution in [2.75, 3.05) is 18.0 Å².